The Hall–Kier alpha value is -3.45. The molecule has 0 aliphatic heterocycles. The highest BCUT2D eigenvalue weighted by Crippen LogP contribution is 2.24. The second-order valence-electron chi connectivity index (χ2n) is 6.46. The van der Waals surface area contributed by atoms with Crippen molar-refractivity contribution in [2.75, 3.05) is 5.32 Å². The van der Waals surface area contributed by atoms with Crippen LogP contribution < -0.4 is 5.32 Å². The van der Waals surface area contributed by atoms with Crippen LogP contribution in [0.5, 0.6) is 0 Å². The van der Waals surface area contributed by atoms with Crippen molar-refractivity contribution < 1.29 is 13.7 Å². The van der Waals surface area contributed by atoms with Crippen molar-refractivity contribution in [3.05, 3.63) is 77.2 Å². The molecule has 0 aliphatic rings. The highest BCUT2D eigenvalue weighted by molar-refractivity contribution is 6.30. The molecule has 4 aromatic rings. The predicted octanol–water partition coefficient (Wildman–Crippen LogP) is 4.94. The number of amides is 1. The number of carbonyl (C=O) groups excluding carboxylic acids is 1. The van der Waals surface area contributed by atoms with E-state index in [1.165, 1.54) is 6.07 Å². The summed E-state index contributed by atoms with van der Waals surface area (Å²) in [5.41, 5.74) is 2.28. The monoisotopic (exact) mass is 410 g/mol. The molecule has 0 atom stereocenters. The molecule has 8 heteroatoms. The molecule has 0 spiro atoms. The zero-order chi connectivity index (χ0) is 20.4. The lowest BCUT2D eigenvalue weighted by Crippen LogP contribution is -2.19. The summed E-state index contributed by atoms with van der Waals surface area (Å²) in [6.45, 7) is 1.67. The molecule has 0 aliphatic carbocycles. The summed E-state index contributed by atoms with van der Waals surface area (Å²) in [5.74, 6) is 0.0336. The van der Waals surface area contributed by atoms with Gasteiger partial charge in [-0.1, -0.05) is 22.8 Å². The van der Waals surface area contributed by atoms with E-state index in [0.717, 1.165) is 5.56 Å². The second kappa shape index (κ2) is 7.89. The lowest BCUT2D eigenvalue weighted by molar-refractivity contribution is -0.116. The Balaban J connectivity index is 1.50. The van der Waals surface area contributed by atoms with E-state index in [1.54, 1.807) is 66.2 Å². The number of aryl methyl sites for hydroxylation is 1. The quantitative estimate of drug-likeness (QED) is 0.505. The molecular formula is C21H16ClFN4O2. The molecule has 0 bridgehead atoms. The van der Waals surface area contributed by atoms with Gasteiger partial charge in [0.25, 0.3) is 5.89 Å². The number of hydrogen-bond acceptors (Lipinski definition) is 4. The van der Waals surface area contributed by atoms with E-state index >= 15 is 0 Å². The van der Waals surface area contributed by atoms with Crippen molar-refractivity contribution in [3.8, 4) is 23.0 Å². The Morgan fingerprint density at radius 1 is 1.21 bits per heavy atom. The predicted molar refractivity (Wildman–Crippen MR) is 108 cm³/mol. The molecule has 4 rings (SSSR count). The van der Waals surface area contributed by atoms with Gasteiger partial charge in [0, 0.05) is 22.5 Å². The number of halogens is 2. The largest absolute Gasteiger partial charge is 0.334 e. The minimum atomic E-state index is -0.370. The Morgan fingerprint density at radius 2 is 2.00 bits per heavy atom. The van der Waals surface area contributed by atoms with Crippen LogP contribution in [0.3, 0.4) is 0 Å². The van der Waals surface area contributed by atoms with Crippen LogP contribution in [0.2, 0.25) is 5.02 Å². The summed E-state index contributed by atoms with van der Waals surface area (Å²) in [6, 6.07) is 15.2. The lowest BCUT2D eigenvalue weighted by Gasteiger charge is -2.09. The van der Waals surface area contributed by atoms with Crippen molar-refractivity contribution in [1.29, 1.82) is 0 Å². The third-order valence-corrected chi connectivity index (χ3v) is 4.60. The van der Waals surface area contributed by atoms with E-state index in [2.05, 4.69) is 15.5 Å². The van der Waals surface area contributed by atoms with Gasteiger partial charge in [0.2, 0.25) is 11.7 Å². The topological polar surface area (TPSA) is 73.0 Å². The summed E-state index contributed by atoms with van der Waals surface area (Å²) >= 11 is 5.90. The number of aromatic nitrogens is 3. The normalized spacial score (nSPS) is 10.9. The van der Waals surface area contributed by atoms with Crippen LogP contribution in [-0.2, 0) is 11.3 Å². The Bertz CT molecular complexity index is 1170. The maximum atomic E-state index is 13.7. The molecular weight excluding hydrogens is 395 g/mol. The SMILES string of the molecule is Cc1ccc(NC(=O)Cn2cccc2-c2nc(-c3ccc(Cl)cc3)no2)cc1F. The Morgan fingerprint density at radius 3 is 2.76 bits per heavy atom. The van der Waals surface area contributed by atoms with Gasteiger partial charge in [-0.05, 0) is 61.0 Å². The average molecular weight is 411 g/mol. The van der Waals surface area contributed by atoms with Crippen LogP contribution in [0, 0.1) is 12.7 Å². The summed E-state index contributed by atoms with van der Waals surface area (Å²) in [5, 5.41) is 7.29. The molecule has 2 aromatic heterocycles. The van der Waals surface area contributed by atoms with Crippen LogP contribution in [0.4, 0.5) is 10.1 Å². The van der Waals surface area contributed by atoms with E-state index < -0.39 is 0 Å². The van der Waals surface area contributed by atoms with Gasteiger partial charge >= 0.3 is 0 Å². The van der Waals surface area contributed by atoms with Crippen molar-refractivity contribution in [2.45, 2.75) is 13.5 Å². The van der Waals surface area contributed by atoms with Crippen LogP contribution in [0.15, 0.2) is 65.3 Å². The maximum Gasteiger partial charge on any atom is 0.274 e. The number of benzene rings is 2. The number of anilines is 1. The molecule has 146 valence electrons. The first-order valence-corrected chi connectivity index (χ1v) is 9.18. The molecule has 0 saturated heterocycles. The average Bonchev–Trinajstić information content (AvgIpc) is 3.34. The minimum absolute atomic E-state index is 0.0104. The van der Waals surface area contributed by atoms with Gasteiger partial charge < -0.3 is 14.4 Å². The second-order valence-corrected chi connectivity index (χ2v) is 6.90. The standard InChI is InChI=1S/C21H16ClFN4O2/c1-13-4-9-16(11-17(13)23)24-19(28)12-27-10-2-3-18(27)21-25-20(26-29-21)14-5-7-15(22)8-6-14/h2-11H,12H2,1H3,(H,24,28). The maximum absolute atomic E-state index is 13.7. The van der Waals surface area contributed by atoms with E-state index in [0.29, 0.717) is 27.8 Å². The van der Waals surface area contributed by atoms with Crippen LogP contribution in [-0.4, -0.2) is 20.6 Å². The molecule has 0 saturated carbocycles. The number of carbonyl (C=O) groups is 1. The molecule has 0 radical (unpaired) electrons. The minimum Gasteiger partial charge on any atom is -0.334 e. The van der Waals surface area contributed by atoms with Gasteiger partial charge in [-0.2, -0.15) is 4.98 Å². The van der Waals surface area contributed by atoms with Gasteiger partial charge in [0.1, 0.15) is 18.1 Å². The zero-order valence-electron chi connectivity index (χ0n) is 15.4. The third-order valence-electron chi connectivity index (χ3n) is 4.35. The number of nitrogens with zero attached hydrogens (tertiary/aromatic N) is 3. The van der Waals surface area contributed by atoms with E-state index in [4.69, 9.17) is 16.1 Å². The zero-order valence-corrected chi connectivity index (χ0v) is 16.2. The number of nitrogens with one attached hydrogen (secondary N) is 1. The highest BCUT2D eigenvalue weighted by atomic mass is 35.5. The Labute approximate surface area is 170 Å². The fourth-order valence-corrected chi connectivity index (χ4v) is 2.94. The molecule has 1 N–H and O–H groups in total. The molecule has 2 aromatic carbocycles. The summed E-state index contributed by atoms with van der Waals surface area (Å²) in [4.78, 5) is 16.8. The molecule has 0 fully saturated rings. The van der Waals surface area contributed by atoms with Gasteiger partial charge in [-0.3, -0.25) is 4.79 Å². The van der Waals surface area contributed by atoms with Crippen molar-refractivity contribution in [2.24, 2.45) is 0 Å². The first-order valence-electron chi connectivity index (χ1n) is 8.81. The van der Waals surface area contributed by atoms with E-state index in [1.807, 2.05) is 0 Å². The first kappa shape index (κ1) is 18.9. The summed E-state index contributed by atoms with van der Waals surface area (Å²) in [6.07, 6.45) is 1.73. The first-order chi connectivity index (χ1) is 14.0. The molecule has 1 amide bonds. The van der Waals surface area contributed by atoms with Crippen molar-refractivity contribution in [1.82, 2.24) is 14.7 Å². The van der Waals surface area contributed by atoms with Crippen LogP contribution in [0.25, 0.3) is 23.0 Å². The summed E-state index contributed by atoms with van der Waals surface area (Å²) in [7, 11) is 0. The molecule has 6 nitrogen and oxygen atoms in total. The van der Waals surface area contributed by atoms with Crippen LogP contribution in [0.1, 0.15) is 5.56 Å². The van der Waals surface area contributed by atoms with Gasteiger partial charge in [-0.15, -0.1) is 0 Å². The number of rotatable bonds is 5. The van der Waals surface area contributed by atoms with E-state index in [9.17, 15) is 9.18 Å². The smallest absolute Gasteiger partial charge is 0.274 e. The number of hydrogen-bond donors (Lipinski definition) is 1. The molecule has 0 unspecified atom stereocenters. The summed E-state index contributed by atoms with van der Waals surface area (Å²) < 4.78 is 20.7. The molecule has 2 heterocycles. The van der Waals surface area contributed by atoms with Crippen molar-refractivity contribution in [3.63, 3.8) is 0 Å². The van der Waals surface area contributed by atoms with Gasteiger partial charge in [0.15, 0.2) is 0 Å². The van der Waals surface area contributed by atoms with E-state index in [-0.39, 0.29) is 24.2 Å². The lowest BCUT2D eigenvalue weighted by atomic mass is 10.2. The fraction of sp³-hybridized carbons (Fsp3) is 0.0952. The fourth-order valence-electron chi connectivity index (χ4n) is 2.82. The molecule has 29 heavy (non-hydrogen) atoms. The van der Waals surface area contributed by atoms with Crippen molar-refractivity contribution >= 4 is 23.2 Å². The van der Waals surface area contributed by atoms with Gasteiger partial charge in [0.05, 0.1) is 0 Å². The Kier molecular flexibility index (Phi) is 5.14. The van der Waals surface area contributed by atoms with Gasteiger partial charge in [-0.25, -0.2) is 4.39 Å². The highest BCUT2D eigenvalue weighted by Gasteiger charge is 2.16. The third kappa shape index (κ3) is 4.20. The van der Waals surface area contributed by atoms with Crippen LogP contribution >= 0.6 is 11.6 Å².